The Labute approximate surface area is 181 Å². The van der Waals surface area contributed by atoms with E-state index in [-0.39, 0.29) is 30.6 Å². The zero-order chi connectivity index (χ0) is 21.4. The zero-order valence-corrected chi connectivity index (χ0v) is 18.1. The highest BCUT2D eigenvalue weighted by molar-refractivity contribution is 6.35. The van der Waals surface area contributed by atoms with Gasteiger partial charge in [-0.1, -0.05) is 55.2 Å². The second-order valence-corrected chi connectivity index (χ2v) is 7.62. The summed E-state index contributed by atoms with van der Waals surface area (Å²) in [4.78, 5) is 27.4. The van der Waals surface area contributed by atoms with Crippen molar-refractivity contribution in [3.05, 3.63) is 69.5 Å². The normalized spacial score (nSPS) is 11.8. The Morgan fingerprint density at radius 2 is 1.79 bits per heavy atom. The van der Waals surface area contributed by atoms with Crippen LogP contribution in [-0.4, -0.2) is 29.3 Å². The second-order valence-electron chi connectivity index (χ2n) is 6.78. The fraction of sp³-hybridized carbons (Fsp3) is 0.364. The summed E-state index contributed by atoms with van der Waals surface area (Å²) in [5, 5.41) is 3.74. The molecule has 0 fully saturated rings. The quantitative estimate of drug-likeness (QED) is 0.597. The monoisotopic (exact) mass is 438 g/mol. The largest absolute Gasteiger partial charge is 0.354 e. The SMILES string of the molecule is CCCNC(=O)[C@@H](CC)N(Cc1ccc(F)cc1)C(=O)Cc1ccc(Cl)cc1Cl. The molecule has 156 valence electrons. The van der Waals surface area contributed by atoms with Crippen LogP contribution in [0.2, 0.25) is 10.0 Å². The van der Waals surface area contributed by atoms with Crippen molar-refractivity contribution in [2.45, 2.75) is 45.7 Å². The molecule has 29 heavy (non-hydrogen) atoms. The molecule has 0 aliphatic heterocycles. The summed E-state index contributed by atoms with van der Waals surface area (Å²) in [5.74, 6) is -0.795. The smallest absolute Gasteiger partial charge is 0.242 e. The molecular weight excluding hydrogens is 414 g/mol. The van der Waals surface area contributed by atoms with Crippen LogP contribution in [0.1, 0.15) is 37.8 Å². The first-order valence-electron chi connectivity index (χ1n) is 9.61. The number of carbonyl (C=O) groups is 2. The second kappa shape index (κ2) is 11.2. The Morgan fingerprint density at radius 3 is 2.38 bits per heavy atom. The van der Waals surface area contributed by atoms with Crippen molar-refractivity contribution in [1.82, 2.24) is 10.2 Å². The third-order valence-corrected chi connectivity index (χ3v) is 5.15. The lowest BCUT2D eigenvalue weighted by Gasteiger charge is -2.31. The molecule has 0 spiro atoms. The number of nitrogens with zero attached hydrogens (tertiary/aromatic N) is 1. The number of carbonyl (C=O) groups excluding carboxylic acids is 2. The van der Waals surface area contributed by atoms with E-state index in [0.717, 1.165) is 12.0 Å². The Hall–Kier alpha value is -2.11. The van der Waals surface area contributed by atoms with Crippen LogP contribution in [0.5, 0.6) is 0 Å². The van der Waals surface area contributed by atoms with Crippen molar-refractivity contribution >= 4 is 35.0 Å². The molecule has 2 aromatic rings. The van der Waals surface area contributed by atoms with Crippen molar-refractivity contribution in [3.8, 4) is 0 Å². The van der Waals surface area contributed by atoms with Gasteiger partial charge >= 0.3 is 0 Å². The average molecular weight is 439 g/mol. The highest BCUT2D eigenvalue weighted by atomic mass is 35.5. The van der Waals surface area contributed by atoms with E-state index in [9.17, 15) is 14.0 Å². The van der Waals surface area contributed by atoms with Crippen LogP contribution in [0.15, 0.2) is 42.5 Å². The summed E-state index contributed by atoms with van der Waals surface area (Å²) in [6.45, 7) is 4.56. The van der Waals surface area contributed by atoms with E-state index >= 15 is 0 Å². The summed E-state index contributed by atoms with van der Waals surface area (Å²) < 4.78 is 13.3. The minimum Gasteiger partial charge on any atom is -0.354 e. The van der Waals surface area contributed by atoms with E-state index in [0.29, 0.717) is 28.6 Å². The summed E-state index contributed by atoms with van der Waals surface area (Å²) in [7, 11) is 0. The maximum absolute atomic E-state index is 13.3. The van der Waals surface area contributed by atoms with Gasteiger partial charge in [0.05, 0.1) is 6.42 Å². The highest BCUT2D eigenvalue weighted by Crippen LogP contribution is 2.23. The Morgan fingerprint density at radius 1 is 1.10 bits per heavy atom. The number of hydrogen-bond acceptors (Lipinski definition) is 2. The van der Waals surface area contributed by atoms with Gasteiger partial charge < -0.3 is 10.2 Å². The first kappa shape index (κ1) is 23.2. The molecule has 0 radical (unpaired) electrons. The molecule has 0 bridgehead atoms. The number of nitrogens with one attached hydrogen (secondary N) is 1. The van der Waals surface area contributed by atoms with Crippen LogP contribution < -0.4 is 5.32 Å². The van der Waals surface area contributed by atoms with Gasteiger partial charge in [0.2, 0.25) is 11.8 Å². The number of halogens is 3. The van der Waals surface area contributed by atoms with E-state index in [1.165, 1.54) is 17.0 Å². The Kier molecular flexibility index (Phi) is 8.93. The molecule has 0 aliphatic rings. The summed E-state index contributed by atoms with van der Waals surface area (Å²) in [5.41, 5.74) is 1.37. The summed E-state index contributed by atoms with van der Waals surface area (Å²) in [6, 6.07) is 10.2. The maximum atomic E-state index is 13.3. The van der Waals surface area contributed by atoms with E-state index < -0.39 is 6.04 Å². The van der Waals surface area contributed by atoms with E-state index in [2.05, 4.69) is 5.32 Å². The lowest BCUT2D eigenvalue weighted by atomic mass is 10.1. The van der Waals surface area contributed by atoms with Crippen LogP contribution in [-0.2, 0) is 22.6 Å². The Balaban J connectivity index is 2.29. The molecule has 2 aromatic carbocycles. The molecule has 1 N–H and O–H groups in total. The molecule has 2 amide bonds. The maximum Gasteiger partial charge on any atom is 0.242 e. The molecule has 0 unspecified atom stereocenters. The van der Waals surface area contributed by atoms with Gasteiger partial charge in [-0.25, -0.2) is 4.39 Å². The number of hydrogen-bond donors (Lipinski definition) is 1. The van der Waals surface area contributed by atoms with Gasteiger partial charge in [0.1, 0.15) is 11.9 Å². The van der Waals surface area contributed by atoms with Crippen LogP contribution in [0.3, 0.4) is 0 Å². The highest BCUT2D eigenvalue weighted by Gasteiger charge is 2.28. The predicted octanol–water partition coefficient (Wildman–Crippen LogP) is 5.01. The molecule has 7 heteroatoms. The summed E-state index contributed by atoms with van der Waals surface area (Å²) >= 11 is 12.2. The van der Waals surface area contributed by atoms with Crippen LogP contribution in [0, 0.1) is 5.82 Å². The fourth-order valence-electron chi connectivity index (χ4n) is 3.00. The molecule has 0 saturated carbocycles. The van der Waals surface area contributed by atoms with Crippen molar-refractivity contribution in [2.75, 3.05) is 6.54 Å². The Bertz CT molecular complexity index is 843. The first-order chi connectivity index (χ1) is 13.8. The van der Waals surface area contributed by atoms with Crippen LogP contribution in [0.4, 0.5) is 4.39 Å². The minimum absolute atomic E-state index is 0.0365. The molecule has 2 rings (SSSR count). The van der Waals surface area contributed by atoms with Crippen molar-refractivity contribution in [1.29, 1.82) is 0 Å². The van der Waals surface area contributed by atoms with Gasteiger partial charge in [-0.3, -0.25) is 9.59 Å². The van der Waals surface area contributed by atoms with Gasteiger partial charge in [0.25, 0.3) is 0 Å². The number of benzene rings is 2. The number of rotatable bonds is 9. The van der Waals surface area contributed by atoms with Gasteiger partial charge in [-0.05, 0) is 48.2 Å². The van der Waals surface area contributed by atoms with Crippen LogP contribution >= 0.6 is 23.2 Å². The van der Waals surface area contributed by atoms with E-state index in [4.69, 9.17) is 23.2 Å². The fourth-order valence-corrected chi connectivity index (χ4v) is 3.48. The lowest BCUT2D eigenvalue weighted by Crippen LogP contribution is -2.49. The van der Waals surface area contributed by atoms with Gasteiger partial charge in [0.15, 0.2) is 0 Å². The average Bonchev–Trinajstić information content (AvgIpc) is 2.69. The molecule has 1 atom stereocenters. The molecule has 0 saturated heterocycles. The predicted molar refractivity (Wildman–Crippen MR) is 114 cm³/mol. The molecule has 0 aliphatic carbocycles. The van der Waals surface area contributed by atoms with Crippen molar-refractivity contribution < 1.29 is 14.0 Å². The molecule has 0 heterocycles. The zero-order valence-electron chi connectivity index (χ0n) is 16.6. The third kappa shape index (κ3) is 6.72. The van der Waals surface area contributed by atoms with Gasteiger partial charge in [-0.2, -0.15) is 0 Å². The summed E-state index contributed by atoms with van der Waals surface area (Å²) in [6.07, 6.45) is 1.29. The van der Waals surface area contributed by atoms with Crippen LogP contribution in [0.25, 0.3) is 0 Å². The first-order valence-corrected chi connectivity index (χ1v) is 10.4. The van der Waals surface area contributed by atoms with Crippen molar-refractivity contribution in [3.63, 3.8) is 0 Å². The molecule has 0 aromatic heterocycles. The van der Waals surface area contributed by atoms with Gasteiger partial charge in [-0.15, -0.1) is 0 Å². The van der Waals surface area contributed by atoms with E-state index in [1.807, 2.05) is 13.8 Å². The van der Waals surface area contributed by atoms with E-state index in [1.54, 1.807) is 30.3 Å². The molecular formula is C22H25Cl2FN2O2. The standard InChI is InChI=1S/C22H25Cl2FN2O2/c1-3-11-26-22(29)20(4-2)27(14-15-5-9-18(25)10-6-15)21(28)12-16-7-8-17(23)13-19(16)24/h5-10,13,20H,3-4,11-12,14H2,1-2H3,(H,26,29)/t20-/m1/s1. The molecule has 4 nitrogen and oxygen atoms in total. The lowest BCUT2D eigenvalue weighted by molar-refractivity contribution is -0.140. The minimum atomic E-state index is -0.634. The topological polar surface area (TPSA) is 49.4 Å². The third-order valence-electron chi connectivity index (χ3n) is 4.56. The van der Waals surface area contributed by atoms with Gasteiger partial charge in [0, 0.05) is 23.1 Å². The van der Waals surface area contributed by atoms with Crippen molar-refractivity contribution in [2.24, 2.45) is 0 Å². The number of amides is 2.